The third kappa shape index (κ3) is 1.66. The Labute approximate surface area is 156 Å². The van der Waals surface area contributed by atoms with Crippen molar-refractivity contribution in [3.8, 4) is 11.1 Å². The molecule has 0 spiro atoms. The largest absolute Gasteiger partial charge is 0.300 e. The number of Topliss-reactive ketones (excluding diaryl/α,β-unsaturated/α-hetero) is 2. The molecule has 3 aliphatic rings. The third-order valence-corrected chi connectivity index (χ3v) is 7.18. The monoisotopic (exact) mass is 444 g/mol. The summed E-state index contributed by atoms with van der Waals surface area (Å²) in [6.07, 6.45) is 1.92. The molecule has 0 atom stereocenters. The van der Waals surface area contributed by atoms with E-state index in [4.69, 9.17) is 0 Å². The van der Waals surface area contributed by atoms with Crippen LogP contribution in [0.3, 0.4) is 0 Å². The lowest BCUT2D eigenvalue weighted by atomic mass is 9.55. The first-order chi connectivity index (χ1) is 11.4. The summed E-state index contributed by atoms with van der Waals surface area (Å²) >= 11 is 7.17. The van der Waals surface area contributed by atoms with E-state index in [1.807, 2.05) is 12.1 Å². The van der Waals surface area contributed by atoms with E-state index in [-0.39, 0.29) is 22.4 Å². The topological polar surface area (TPSA) is 34.1 Å². The molecule has 0 bridgehead atoms. The first-order valence-electron chi connectivity index (χ1n) is 8.09. The summed E-state index contributed by atoms with van der Waals surface area (Å²) in [5.41, 5.74) is 3.94. The Morgan fingerprint density at radius 2 is 1.04 bits per heavy atom. The van der Waals surface area contributed by atoms with E-state index < -0.39 is 0 Å². The molecule has 3 aliphatic carbocycles. The summed E-state index contributed by atoms with van der Waals surface area (Å²) in [6, 6.07) is 12.6. The fraction of sp³-hybridized carbons (Fsp3) is 0.300. The summed E-state index contributed by atoms with van der Waals surface area (Å²) in [4.78, 5) is 25.1. The molecule has 120 valence electrons. The van der Waals surface area contributed by atoms with Gasteiger partial charge in [-0.2, -0.15) is 0 Å². The van der Waals surface area contributed by atoms with Gasteiger partial charge >= 0.3 is 0 Å². The van der Waals surface area contributed by atoms with E-state index in [0.29, 0.717) is 25.7 Å². The van der Waals surface area contributed by atoms with E-state index in [1.165, 1.54) is 22.3 Å². The second kappa shape index (κ2) is 4.67. The molecule has 24 heavy (non-hydrogen) atoms. The molecular weight excluding hydrogens is 432 g/mol. The predicted octanol–water partition coefficient (Wildman–Crippen LogP) is 5.09. The van der Waals surface area contributed by atoms with Crippen molar-refractivity contribution in [3.05, 3.63) is 56.5 Å². The summed E-state index contributed by atoms with van der Waals surface area (Å²) in [7, 11) is 0. The SMILES string of the molecule is O=C1CC23CC(=O)CC2(C1)c1cc(Br)ccc1-c1ccc(Br)cc13. The lowest BCUT2D eigenvalue weighted by molar-refractivity contribution is -0.120. The highest BCUT2D eigenvalue weighted by molar-refractivity contribution is 9.10. The van der Waals surface area contributed by atoms with Crippen molar-refractivity contribution >= 4 is 43.4 Å². The van der Waals surface area contributed by atoms with Gasteiger partial charge in [0.1, 0.15) is 11.6 Å². The van der Waals surface area contributed by atoms with Crippen molar-refractivity contribution in [2.75, 3.05) is 0 Å². The fourth-order valence-corrected chi connectivity index (χ4v) is 6.19. The van der Waals surface area contributed by atoms with Gasteiger partial charge < -0.3 is 0 Å². The Balaban J connectivity index is 1.96. The molecule has 2 saturated carbocycles. The van der Waals surface area contributed by atoms with Crippen LogP contribution in [0.5, 0.6) is 0 Å². The van der Waals surface area contributed by atoms with Gasteiger partial charge in [-0.3, -0.25) is 9.59 Å². The number of hydrogen-bond donors (Lipinski definition) is 0. The van der Waals surface area contributed by atoms with Crippen LogP contribution in [-0.4, -0.2) is 11.6 Å². The van der Waals surface area contributed by atoms with E-state index in [2.05, 4.69) is 56.1 Å². The predicted molar refractivity (Wildman–Crippen MR) is 99.1 cm³/mol. The summed E-state index contributed by atoms with van der Waals surface area (Å²) in [6.45, 7) is 0. The molecular formula is C20H14Br2O2. The van der Waals surface area contributed by atoms with E-state index in [0.717, 1.165) is 8.95 Å². The van der Waals surface area contributed by atoms with Crippen LogP contribution in [-0.2, 0) is 20.4 Å². The normalized spacial score (nSPS) is 29.9. The number of benzene rings is 2. The van der Waals surface area contributed by atoms with Crippen LogP contribution in [0.4, 0.5) is 0 Å². The molecule has 2 fully saturated rings. The minimum absolute atomic E-state index is 0.279. The molecule has 0 saturated heterocycles. The molecule has 2 aromatic rings. The molecule has 0 heterocycles. The summed E-state index contributed by atoms with van der Waals surface area (Å²) in [5.74, 6) is 0.558. The maximum Gasteiger partial charge on any atom is 0.134 e. The minimum atomic E-state index is -0.367. The number of fused-ring (bicyclic) bond motifs is 3. The lowest BCUT2D eigenvalue weighted by Crippen LogP contribution is -2.43. The zero-order valence-corrected chi connectivity index (χ0v) is 16.0. The Hall–Kier alpha value is -1.26. The van der Waals surface area contributed by atoms with Gasteiger partial charge in [-0.1, -0.05) is 44.0 Å². The van der Waals surface area contributed by atoms with Crippen molar-refractivity contribution in [1.29, 1.82) is 0 Å². The van der Waals surface area contributed by atoms with Gasteiger partial charge in [-0.05, 0) is 46.5 Å². The molecule has 4 heteroatoms. The quantitative estimate of drug-likeness (QED) is 0.565. The van der Waals surface area contributed by atoms with Gasteiger partial charge in [0.2, 0.25) is 0 Å². The molecule has 5 rings (SSSR count). The molecule has 2 aromatic carbocycles. The molecule has 0 aromatic heterocycles. The number of carbonyl (C=O) groups excluding carboxylic acids is 2. The number of rotatable bonds is 0. The Morgan fingerprint density at radius 3 is 1.42 bits per heavy atom. The van der Waals surface area contributed by atoms with Gasteiger partial charge in [0, 0.05) is 45.5 Å². The zero-order valence-electron chi connectivity index (χ0n) is 12.9. The van der Waals surface area contributed by atoms with E-state index >= 15 is 0 Å². The standard InChI is InChI=1S/C20H14Br2O2/c21-11-1-3-15-16-4-2-12(22)6-18(16)20-9-13(23)7-19(20,17(15)5-11)8-14(24)10-20/h1-6H,7-10H2. The number of ketones is 2. The Morgan fingerprint density at radius 1 is 0.667 bits per heavy atom. The van der Waals surface area contributed by atoms with Crippen molar-refractivity contribution in [2.45, 2.75) is 36.5 Å². The zero-order chi connectivity index (χ0) is 16.7. The average Bonchev–Trinajstić information content (AvgIpc) is 2.95. The van der Waals surface area contributed by atoms with Crippen LogP contribution < -0.4 is 0 Å². The first kappa shape index (κ1) is 15.0. The highest BCUT2D eigenvalue weighted by atomic mass is 79.9. The van der Waals surface area contributed by atoms with E-state index in [9.17, 15) is 9.59 Å². The van der Waals surface area contributed by atoms with Gasteiger partial charge in [0.15, 0.2) is 0 Å². The Kier molecular flexibility index (Phi) is 2.93. The second-order valence-electron chi connectivity index (χ2n) is 7.33. The van der Waals surface area contributed by atoms with Gasteiger partial charge in [-0.25, -0.2) is 0 Å². The average molecular weight is 446 g/mol. The third-order valence-electron chi connectivity index (χ3n) is 6.20. The first-order valence-corrected chi connectivity index (χ1v) is 9.68. The van der Waals surface area contributed by atoms with Crippen molar-refractivity contribution in [2.24, 2.45) is 0 Å². The number of hydrogen-bond acceptors (Lipinski definition) is 2. The van der Waals surface area contributed by atoms with Crippen molar-refractivity contribution in [1.82, 2.24) is 0 Å². The molecule has 2 nitrogen and oxygen atoms in total. The van der Waals surface area contributed by atoms with Crippen LogP contribution in [0.25, 0.3) is 11.1 Å². The highest BCUT2D eigenvalue weighted by Crippen LogP contribution is 2.67. The van der Waals surface area contributed by atoms with Gasteiger partial charge in [-0.15, -0.1) is 0 Å². The second-order valence-corrected chi connectivity index (χ2v) is 9.16. The fourth-order valence-electron chi connectivity index (χ4n) is 5.46. The Bertz CT molecular complexity index is 851. The number of carbonyl (C=O) groups is 2. The van der Waals surface area contributed by atoms with Crippen molar-refractivity contribution in [3.63, 3.8) is 0 Å². The van der Waals surface area contributed by atoms with Crippen LogP contribution in [0.2, 0.25) is 0 Å². The molecule has 0 N–H and O–H groups in total. The van der Waals surface area contributed by atoms with Gasteiger partial charge in [0.05, 0.1) is 0 Å². The van der Waals surface area contributed by atoms with Crippen LogP contribution in [0.15, 0.2) is 45.3 Å². The van der Waals surface area contributed by atoms with Crippen LogP contribution in [0, 0.1) is 0 Å². The molecule has 0 unspecified atom stereocenters. The highest BCUT2D eigenvalue weighted by Gasteiger charge is 2.67. The maximum absolute atomic E-state index is 12.6. The smallest absolute Gasteiger partial charge is 0.134 e. The lowest BCUT2D eigenvalue weighted by Gasteiger charge is -2.46. The van der Waals surface area contributed by atoms with Gasteiger partial charge in [0.25, 0.3) is 0 Å². The van der Waals surface area contributed by atoms with Crippen LogP contribution >= 0.6 is 31.9 Å². The summed E-state index contributed by atoms with van der Waals surface area (Å²) < 4.78 is 2.01. The molecule has 0 radical (unpaired) electrons. The van der Waals surface area contributed by atoms with Crippen molar-refractivity contribution < 1.29 is 9.59 Å². The van der Waals surface area contributed by atoms with Crippen LogP contribution in [0.1, 0.15) is 36.8 Å². The maximum atomic E-state index is 12.6. The van der Waals surface area contributed by atoms with E-state index in [1.54, 1.807) is 0 Å². The minimum Gasteiger partial charge on any atom is -0.300 e. The number of halogens is 2. The summed E-state index contributed by atoms with van der Waals surface area (Å²) in [5, 5.41) is 0. The molecule has 0 aliphatic heterocycles. The molecule has 0 amide bonds.